The number of aromatic nitrogens is 5. The van der Waals surface area contributed by atoms with E-state index in [4.69, 9.17) is 11.6 Å². The van der Waals surface area contributed by atoms with Gasteiger partial charge in [-0.3, -0.25) is 4.98 Å². The van der Waals surface area contributed by atoms with Gasteiger partial charge in [-0.1, -0.05) is 11.6 Å². The van der Waals surface area contributed by atoms with Crippen molar-refractivity contribution in [2.45, 2.75) is 6.42 Å². The zero-order valence-electron chi connectivity index (χ0n) is 11.3. The minimum atomic E-state index is 0.664. The molecule has 4 rings (SSSR count). The van der Waals surface area contributed by atoms with Crippen molar-refractivity contribution in [1.29, 1.82) is 0 Å². The second kappa shape index (κ2) is 4.56. The van der Waals surface area contributed by atoms with Crippen LogP contribution in [0.4, 0.5) is 0 Å². The number of nitrogens with zero attached hydrogens (tertiary/aromatic N) is 4. The van der Waals surface area contributed by atoms with Gasteiger partial charge >= 0.3 is 0 Å². The van der Waals surface area contributed by atoms with Crippen molar-refractivity contribution in [1.82, 2.24) is 24.5 Å². The van der Waals surface area contributed by atoms with Gasteiger partial charge in [0.15, 0.2) is 0 Å². The second-order valence-electron chi connectivity index (χ2n) is 5.07. The van der Waals surface area contributed by atoms with E-state index in [-0.39, 0.29) is 0 Å². The first kappa shape index (κ1) is 12.3. The molecule has 0 aliphatic heterocycles. The van der Waals surface area contributed by atoms with Crippen LogP contribution in [0.5, 0.6) is 0 Å². The number of hydrogen-bond acceptors (Lipinski definition) is 3. The molecule has 0 saturated heterocycles. The fraction of sp³-hybridized carbons (Fsp3) is 0.133. The Kier molecular flexibility index (Phi) is 2.68. The minimum Gasteiger partial charge on any atom is -0.341 e. The Hall–Kier alpha value is -2.40. The van der Waals surface area contributed by atoms with Crippen LogP contribution in [-0.4, -0.2) is 24.5 Å². The summed E-state index contributed by atoms with van der Waals surface area (Å²) in [5.74, 6) is 0.873. The maximum Gasteiger partial charge on any atom is 0.113 e. The molecule has 3 heterocycles. The molecule has 1 N–H and O–H groups in total. The van der Waals surface area contributed by atoms with Crippen LogP contribution in [0.1, 0.15) is 11.5 Å². The molecule has 5 nitrogen and oxygen atoms in total. The molecule has 0 spiro atoms. The topological polar surface area (TPSA) is 59.4 Å². The van der Waals surface area contributed by atoms with Gasteiger partial charge in [-0.25, -0.2) is 9.97 Å². The van der Waals surface area contributed by atoms with Crippen LogP contribution in [0.3, 0.4) is 0 Å². The number of aromatic amines is 1. The fourth-order valence-corrected chi connectivity index (χ4v) is 2.67. The van der Waals surface area contributed by atoms with E-state index in [9.17, 15) is 0 Å². The van der Waals surface area contributed by atoms with Gasteiger partial charge in [-0.15, -0.1) is 0 Å². The molecular weight excluding hydrogens is 286 g/mol. The zero-order valence-corrected chi connectivity index (χ0v) is 12.1. The fourth-order valence-electron chi connectivity index (χ4n) is 2.50. The number of nitrogens with one attached hydrogen (secondary N) is 1. The van der Waals surface area contributed by atoms with E-state index >= 15 is 0 Å². The van der Waals surface area contributed by atoms with Crippen LogP contribution in [0.2, 0.25) is 5.02 Å². The molecule has 0 radical (unpaired) electrons. The number of halogens is 1. The minimum absolute atomic E-state index is 0.664. The van der Waals surface area contributed by atoms with Gasteiger partial charge in [-0.2, -0.15) is 0 Å². The molecule has 21 heavy (non-hydrogen) atoms. The molecule has 0 unspecified atom stereocenters. The van der Waals surface area contributed by atoms with Crippen LogP contribution in [-0.2, 0) is 13.5 Å². The lowest BCUT2D eigenvalue weighted by Crippen LogP contribution is -1.90. The lowest BCUT2D eigenvalue weighted by molar-refractivity contribution is 0.911. The molecular formula is C15H12ClN5. The largest absolute Gasteiger partial charge is 0.341 e. The third kappa shape index (κ3) is 2.15. The lowest BCUT2D eigenvalue weighted by atomic mass is 10.2. The number of benzene rings is 1. The average molecular weight is 298 g/mol. The summed E-state index contributed by atoms with van der Waals surface area (Å²) in [5.41, 5.74) is 3.69. The van der Waals surface area contributed by atoms with E-state index in [1.807, 2.05) is 36.0 Å². The lowest BCUT2D eigenvalue weighted by Gasteiger charge is -1.98. The summed E-state index contributed by atoms with van der Waals surface area (Å²) in [7, 11) is 1.95. The van der Waals surface area contributed by atoms with Crippen molar-refractivity contribution in [2.24, 2.45) is 7.05 Å². The first-order valence-corrected chi connectivity index (χ1v) is 6.96. The molecule has 0 saturated carbocycles. The van der Waals surface area contributed by atoms with E-state index in [1.165, 1.54) is 0 Å². The zero-order chi connectivity index (χ0) is 14.4. The van der Waals surface area contributed by atoms with Crippen molar-refractivity contribution >= 4 is 33.5 Å². The summed E-state index contributed by atoms with van der Waals surface area (Å²) < 4.78 is 1.93. The smallest absolute Gasteiger partial charge is 0.113 e. The SMILES string of the molecule is Cn1cnc(Cc2nc3cnc4ccc(Cl)cc4c3[nH]2)c1. The Morgan fingerprint density at radius 2 is 2.14 bits per heavy atom. The van der Waals surface area contributed by atoms with E-state index in [1.54, 1.807) is 12.5 Å². The van der Waals surface area contributed by atoms with Crippen LogP contribution in [0.25, 0.3) is 21.9 Å². The summed E-state index contributed by atoms with van der Waals surface area (Å²) in [6.07, 6.45) is 6.22. The normalized spacial score (nSPS) is 11.5. The summed E-state index contributed by atoms with van der Waals surface area (Å²) in [5, 5.41) is 1.68. The van der Waals surface area contributed by atoms with Crippen molar-refractivity contribution < 1.29 is 0 Å². The Labute approximate surface area is 125 Å². The van der Waals surface area contributed by atoms with Crippen LogP contribution >= 0.6 is 11.6 Å². The second-order valence-corrected chi connectivity index (χ2v) is 5.51. The highest BCUT2D eigenvalue weighted by molar-refractivity contribution is 6.31. The Morgan fingerprint density at radius 1 is 1.24 bits per heavy atom. The predicted molar refractivity (Wildman–Crippen MR) is 82.4 cm³/mol. The molecule has 0 aliphatic carbocycles. The molecule has 0 amide bonds. The average Bonchev–Trinajstić information content (AvgIpc) is 3.05. The highest BCUT2D eigenvalue weighted by Crippen LogP contribution is 2.25. The van der Waals surface area contributed by atoms with Gasteiger partial charge in [0.2, 0.25) is 0 Å². The predicted octanol–water partition coefficient (Wildman–Crippen LogP) is 3.09. The van der Waals surface area contributed by atoms with E-state index < -0.39 is 0 Å². The van der Waals surface area contributed by atoms with Crippen LogP contribution < -0.4 is 0 Å². The first-order chi connectivity index (χ1) is 10.2. The quantitative estimate of drug-likeness (QED) is 0.618. The van der Waals surface area contributed by atoms with Crippen LogP contribution in [0.15, 0.2) is 36.9 Å². The molecule has 6 heteroatoms. The number of hydrogen-bond donors (Lipinski definition) is 1. The van der Waals surface area contributed by atoms with Gasteiger partial charge in [0.1, 0.15) is 11.3 Å². The number of rotatable bonds is 2. The van der Waals surface area contributed by atoms with Gasteiger partial charge in [0.25, 0.3) is 0 Å². The molecule has 1 aromatic carbocycles. The molecule has 4 aromatic rings. The number of fused-ring (bicyclic) bond motifs is 3. The highest BCUT2D eigenvalue weighted by Gasteiger charge is 2.09. The van der Waals surface area contributed by atoms with E-state index in [0.717, 1.165) is 33.5 Å². The maximum atomic E-state index is 6.08. The van der Waals surface area contributed by atoms with E-state index in [2.05, 4.69) is 19.9 Å². The number of H-pyrrole nitrogens is 1. The van der Waals surface area contributed by atoms with Gasteiger partial charge in [0.05, 0.1) is 29.3 Å². The number of pyridine rings is 1. The van der Waals surface area contributed by atoms with E-state index in [0.29, 0.717) is 11.4 Å². The van der Waals surface area contributed by atoms with Gasteiger partial charge in [-0.05, 0) is 18.2 Å². The molecule has 0 atom stereocenters. The Balaban J connectivity index is 1.85. The Morgan fingerprint density at radius 3 is 2.95 bits per heavy atom. The third-order valence-corrected chi connectivity index (χ3v) is 3.68. The van der Waals surface area contributed by atoms with Crippen molar-refractivity contribution in [2.75, 3.05) is 0 Å². The summed E-state index contributed by atoms with van der Waals surface area (Å²) in [6, 6.07) is 5.67. The summed E-state index contributed by atoms with van der Waals surface area (Å²) >= 11 is 6.08. The number of imidazole rings is 2. The first-order valence-electron chi connectivity index (χ1n) is 6.59. The summed E-state index contributed by atoms with van der Waals surface area (Å²) in [4.78, 5) is 16.7. The Bertz CT molecular complexity index is 953. The van der Waals surface area contributed by atoms with Crippen LogP contribution in [0, 0.1) is 0 Å². The summed E-state index contributed by atoms with van der Waals surface area (Å²) in [6.45, 7) is 0. The molecule has 0 bridgehead atoms. The standard InChI is InChI=1S/C15H12ClN5/c1-21-7-10(18-8-21)5-14-19-13-6-17-12-3-2-9(16)4-11(12)15(13)20-14/h2-4,6-8H,5H2,1H3,(H,19,20). The highest BCUT2D eigenvalue weighted by atomic mass is 35.5. The van der Waals surface area contributed by atoms with Crippen molar-refractivity contribution in [3.63, 3.8) is 0 Å². The molecule has 3 aromatic heterocycles. The third-order valence-electron chi connectivity index (χ3n) is 3.44. The monoisotopic (exact) mass is 297 g/mol. The maximum absolute atomic E-state index is 6.08. The molecule has 0 fully saturated rings. The molecule has 0 aliphatic rings. The van der Waals surface area contributed by atoms with Crippen molar-refractivity contribution in [3.05, 3.63) is 53.5 Å². The number of aryl methyl sites for hydroxylation is 1. The van der Waals surface area contributed by atoms with Crippen molar-refractivity contribution in [3.8, 4) is 0 Å². The molecule has 104 valence electrons. The van der Waals surface area contributed by atoms with Gasteiger partial charge in [0, 0.05) is 30.1 Å². The van der Waals surface area contributed by atoms with Gasteiger partial charge < -0.3 is 9.55 Å².